The van der Waals surface area contributed by atoms with Crippen LogP contribution in [0.3, 0.4) is 0 Å². The largest absolute Gasteiger partial charge is 0.462 e. The fourth-order valence-corrected chi connectivity index (χ4v) is 7.11. The lowest BCUT2D eigenvalue weighted by Gasteiger charge is -2.17. The Morgan fingerprint density at radius 2 is 1.60 bits per heavy atom. The molecule has 0 fully saturated rings. The van der Waals surface area contributed by atoms with Crippen molar-refractivity contribution in [3.05, 3.63) is 70.9 Å². The van der Waals surface area contributed by atoms with Gasteiger partial charge in [0.25, 0.3) is 0 Å². The quantitative estimate of drug-likeness (QED) is 0.275. The molecular formula is C24H20ClF3N4O6S2. The number of halogens is 4. The van der Waals surface area contributed by atoms with Crippen molar-refractivity contribution in [3.63, 3.8) is 0 Å². The third-order valence-electron chi connectivity index (χ3n) is 5.53. The zero-order chi connectivity index (χ0) is 29.6. The Bertz CT molecular complexity index is 1810. The summed E-state index contributed by atoms with van der Waals surface area (Å²) in [6.45, 7) is 1.32. The molecule has 40 heavy (non-hydrogen) atoms. The second kappa shape index (κ2) is 10.4. The van der Waals surface area contributed by atoms with Gasteiger partial charge >= 0.3 is 12.1 Å². The second-order valence-corrected chi connectivity index (χ2v) is 12.8. The average Bonchev–Trinajstić information content (AvgIpc) is 3.20. The number of carbonyl (C=O) groups is 1. The van der Waals surface area contributed by atoms with Crippen LogP contribution in [-0.2, 0) is 31.0 Å². The molecule has 0 radical (unpaired) electrons. The van der Waals surface area contributed by atoms with Gasteiger partial charge in [-0.2, -0.15) is 13.2 Å². The molecule has 212 valence electrons. The lowest BCUT2D eigenvalue weighted by Crippen LogP contribution is -2.36. The van der Waals surface area contributed by atoms with Crippen LogP contribution >= 0.6 is 11.6 Å². The first kappa shape index (κ1) is 29.3. The van der Waals surface area contributed by atoms with E-state index in [9.17, 15) is 34.8 Å². The number of benzene rings is 2. The molecule has 0 atom stereocenters. The van der Waals surface area contributed by atoms with E-state index in [4.69, 9.17) is 16.3 Å². The highest BCUT2D eigenvalue weighted by atomic mass is 35.5. The summed E-state index contributed by atoms with van der Waals surface area (Å²) in [6.07, 6.45) is -2.15. The van der Waals surface area contributed by atoms with E-state index in [1.807, 2.05) is 0 Å². The number of nitrogens with zero attached hydrogens (tertiary/aromatic N) is 4. The van der Waals surface area contributed by atoms with Gasteiger partial charge < -0.3 is 4.74 Å². The monoisotopic (exact) mass is 616 g/mol. The second-order valence-electron chi connectivity index (χ2n) is 8.45. The minimum absolute atomic E-state index is 0.0351. The molecule has 4 rings (SSSR count). The van der Waals surface area contributed by atoms with Crippen LogP contribution in [0.25, 0.3) is 28.0 Å². The average molecular weight is 617 g/mol. The molecule has 0 bridgehead atoms. The van der Waals surface area contributed by atoms with E-state index in [-0.39, 0.29) is 37.8 Å². The molecule has 4 aromatic rings. The number of alkyl halides is 3. The van der Waals surface area contributed by atoms with E-state index in [0.29, 0.717) is 18.1 Å². The Labute approximate surface area is 232 Å². The van der Waals surface area contributed by atoms with Crippen LogP contribution in [0.15, 0.2) is 54.7 Å². The lowest BCUT2D eigenvalue weighted by atomic mass is 9.99. The number of carbonyl (C=O) groups excluding carboxylic acids is 1. The minimum atomic E-state index is -4.63. The van der Waals surface area contributed by atoms with Crippen LogP contribution in [0.4, 0.5) is 19.0 Å². The van der Waals surface area contributed by atoms with Crippen molar-refractivity contribution in [2.75, 3.05) is 22.8 Å². The highest BCUT2D eigenvalue weighted by Crippen LogP contribution is 2.39. The topological polar surface area (TPSA) is 128 Å². The van der Waals surface area contributed by atoms with Crippen molar-refractivity contribution in [2.24, 2.45) is 0 Å². The molecule has 0 N–H and O–H groups in total. The van der Waals surface area contributed by atoms with Crippen LogP contribution in [0, 0.1) is 0 Å². The molecule has 0 spiro atoms. The number of esters is 1. The molecule has 2 aromatic heterocycles. The van der Waals surface area contributed by atoms with Crippen molar-refractivity contribution >= 4 is 49.1 Å². The molecule has 2 heterocycles. The van der Waals surface area contributed by atoms with Crippen molar-refractivity contribution in [1.82, 2.24) is 14.6 Å². The highest BCUT2D eigenvalue weighted by molar-refractivity contribution is 8.09. The predicted octanol–water partition coefficient (Wildman–Crippen LogP) is 4.64. The number of aromatic nitrogens is 3. The highest BCUT2D eigenvalue weighted by Gasteiger charge is 2.37. The van der Waals surface area contributed by atoms with Crippen molar-refractivity contribution in [3.8, 4) is 22.4 Å². The van der Waals surface area contributed by atoms with Gasteiger partial charge in [-0.15, -0.1) is 8.81 Å². The number of fused-ring (bicyclic) bond motifs is 1. The van der Waals surface area contributed by atoms with E-state index in [1.165, 1.54) is 13.1 Å². The summed E-state index contributed by atoms with van der Waals surface area (Å²) in [4.78, 5) is 17.3. The summed E-state index contributed by atoms with van der Waals surface area (Å²) in [7, 11) is -9.15. The number of hydrogen-bond acceptors (Lipinski definition) is 8. The minimum Gasteiger partial charge on any atom is -0.462 e. The normalized spacial score (nSPS) is 12.5. The molecule has 0 aliphatic heterocycles. The van der Waals surface area contributed by atoms with Gasteiger partial charge in [0.05, 0.1) is 30.4 Å². The first-order valence-corrected chi connectivity index (χ1v) is 15.3. The molecule has 10 nitrogen and oxygen atoms in total. The fourth-order valence-electron chi connectivity index (χ4n) is 4.02. The number of hydrogen-bond donors (Lipinski definition) is 0. The maximum Gasteiger partial charge on any atom is 0.416 e. The number of ether oxygens (including phenoxy) is 1. The maximum atomic E-state index is 13.3. The third kappa shape index (κ3) is 5.48. The molecule has 0 aliphatic rings. The van der Waals surface area contributed by atoms with E-state index in [1.54, 1.807) is 24.3 Å². The molecule has 0 amide bonds. The van der Waals surface area contributed by atoms with Crippen LogP contribution in [0.2, 0.25) is 5.02 Å². The Morgan fingerprint density at radius 3 is 2.12 bits per heavy atom. The van der Waals surface area contributed by atoms with Crippen LogP contribution in [0.1, 0.15) is 22.8 Å². The van der Waals surface area contributed by atoms with Gasteiger partial charge in [0.15, 0.2) is 17.0 Å². The van der Waals surface area contributed by atoms with E-state index in [2.05, 4.69) is 10.1 Å². The first-order chi connectivity index (χ1) is 18.6. The summed E-state index contributed by atoms with van der Waals surface area (Å²) in [5.41, 5.74) is -1.02. The molecule has 16 heteroatoms. The molecular weight excluding hydrogens is 597 g/mol. The van der Waals surface area contributed by atoms with Crippen LogP contribution in [0.5, 0.6) is 0 Å². The SMILES string of the molecule is CCOC(=O)c1c(N(S(C)(=O)=O)S(C)(=O)=O)nn2c(-c3ccc(C(F)(F)F)cc3)c(-c3ccccc3Cl)cnc12. The molecule has 2 aromatic carbocycles. The zero-order valence-electron chi connectivity index (χ0n) is 21.0. The van der Waals surface area contributed by atoms with Gasteiger partial charge in [0.2, 0.25) is 20.0 Å². The van der Waals surface area contributed by atoms with E-state index in [0.717, 1.165) is 28.8 Å². The number of rotatable bonds is 7. The van der Waals surface area contributed by atoms with Crippen LogP contribution < -0.4 is 3.71 Å². The Morgan fingerprint density at radius 1 is 1.00 bits per heavy atom. The van der Waals surface area contributed by atoms with Crippen LogP contribution in [-0.4, -0.2) is 56.5 Å². The van der Waals surface area contributed by atoms with Crippen molar-refractivity contribution in [2.45, 2.75) is 13.1 Å². The van der Waals surface area contributed by atoms with Gasteiger partial charge in [-0.3, -0.25) is 0 Å². The zero-order valence-corrected chi connectivity index (χ0v) is 23.4. The summed E-state index contributed by atoms with van der Waals surface area (Å²) < 4.78 is 96.3. The molecule has 0 saturated heterocycles. The molecule has 0 aliphatic carbocycles. The molecule has 0 unspecified atom stereocenters. The maximum absolute atomic E-state index is 13.3. The first-order valence-electron chi connectivity index (χ1n) is 11.3. The lowest BCUT2D eigenvalue weighted by molar-refractivity contribution is -0.137. The predicted molar refractivity (Wildman–Crippen MR) is 142 cm³/mol. The van der Waals surface area contributed by atoms with Gasteiger partial charge in [-0.05, 0) is 25.1 Å². The summed E-state index contributed by atoms with van der Waals surface area (Å²) in [5.74, 6) is -1.94. The van der Waals surface area contributed by atoms with Gasteiger partial charge in [0, 0.05) is 27.9 Å². The Hall–Kier alpha value is -3.69. The fraction of sp³-hybridized carbons (Fsp3) is 0.208. The Balaban J connectivity index is 2.19. The van der Waals surface area contributed by atoms with Gasteiger partial charge in [-0.25, -0.2) is 31.1 Å². The Kier molecular flexibility index (Phi) is 7.60. The van der Waals surface area contributed by atoms with E-state index < -0.39 is 49.1 Å². The third-order valence-corrected chi connectivity index (χ3v) is 9.04. The standard InChI is InChI=1S/C24H20ClF3N4O6S2/c1-4-38-23(33)19-21-29-13-17(16-7-5-6-8-18(16)25)20(14-9-11-15(12-10-14)24(26,27)28)31(21)30-22(19)32(39(2,34)35)40(3,36)37/h5-13H,4H2,1-3H3. The number of anilines is 1. The number of sulfonamides is 2. The smallest absolute Gasteiger partial charge is 0.416 e. The van der Waals surface area contributed by atoms with Gasteiger partial charge in [-0.1, -0.05) is 41.9 Å². The van der Waals surface area contributed by atoms with Crippen molar-refractivity contribution < 1.29 is 39.5 Å². The summed E-state index contributed by atoms with van der Waals surface area (Å²) >= 11 is 6.41. The van der Waals surface area contributed by atoms with Gasteiger partial charge in [0.1, 0.15) is 0 Å². The molecule has 0 saturated carbocycles. The summed E-state index contributed by atoms with van der Waals surface area (Å²) in [5, 5.41) is 4.41. The van der Waals surface area contributed by atoms with Crippen molar-refractivity contribution in [1.29, 1.82) is 0 Å². The summed E-state index contributed by atoms with van der Waals surface area (Å²) in [6, 6.07) is 10.4. The van der Waals surface area contributed by atoms with E-state index >= 15 is 0 Å².